The lowest BCUT2D eigenvalue weighted by molar-refractivity contribution is 0.100. The van der Waals surface area contributed by atoms with E-state index >= 15 is 0 Å². The Morgan fingerprint density at radius 3 is 2.50 bits per heavy atom. The first-order chi connectivity index (χ1) is 5.15. The van der Waals surface area contributed by atoms with Gasteiger partial charge in [-0.25, -0.2) is 0 Å². The van der Waals surface area contributed by atoms with Crippen LogP contribution in [0.4, 0.5) is 0 Å². The van der Waals surface area contributed by atoms with Crippen LogP contribution in [0.3, 0.4) is 0 Å². The van der Waals surface area contributed by atoms with Crippen LogP contribution in [-0.2, 0) is 0 Å². The number of rotatable bonds is 2. The molecule has 0 amide bonds. The maximum absolute atomic E-state index is 11.1. The zero-order valence-electron chi connectivity index (χ0n) is 5.84. The number of hydrogen-bond donors (Lipinski definition) is 1. The standard InChI is InChI=1S/C6H5Br2NOS.ClH/c7-5-1-3(4(10)2-9)6(8)11-5;/h1H,2,9H2;1H. The number of halogens is 3. The van der Waals surface area contributed by atoms with Gasteiger partial charge in [0.15, 0.2) is 5.78 Å². The van der Waals surface area contributed by atoms with E-state index in [2.05, 4.69) is 31.9 Å². The molecule has 0 saturated carbocycles. The molecule has 68 valence electrons. The molecule has 0 spiro atoms. The van der Waals surface area contributed by atoms with Crippen molar-refractivity contribution in [1.29, 1.82) is 0 Å². The molecule has 0 aliphatic rings. The Bertz CT molecular complexity index is 289. The molecule has 0 aromatic carbocycles. The van der Waals surface area contributed by atoms with Crippen LogP contribution in [0.2, 0.25) is 0 Å². The van der Waals surface area contributed by atoms with Gasteiger partial charge in [-0.2, -0.15) is 0 Å². The third-order valence-corrected chi connectivity index (χ3v) is 3.48. The van der Waals surface area contributed by atoms with Crippen molar-refractivity contribution in [3.63, 3.8) is 0 Å². The zero-order chi connectivity index (χ0) is 8.43. The third kappa shape index (κ3) is 2.81. The molecule has 0 aliphatic carbocycles. The second kappa shape index (κ2) is 5.34. The fourth-order valence-electron chi connectivity index (χ4n) is 0.640. The van der Waals surface area contributed by atoms with Crippen molar-refractivity contribution in [2.45, 2.75) is 0 Å². The van der Waals surface area contributed by atoms with E-state index in [1.165, 1.54) is 11.3 Å². The van der Waals surface area contributed by atoms with Gasteiger partial charge in [0, 0.05) is 5.56 Å². The lowest BCUT2D eigenvalue weighted by atomic mass is 10.2. The second-order valence-electron chi connectivity index (χ2n) is 1.87. The summed E-state index contributed by atoms with van der Waals surface area (Å²) < 4.78 is 1.76. The molecule has 0 fully saturated rings. The van der Waals surface area contributed by atoms with Crippen molar-refractivity contribution in [3.8, 4) is 0 Å². The first-order valence-electron chi connectivity index (χ1n) is 2.83. The van der Waals surface area contributed by atoms with E-state index in [4.69, 9.17) is 5.73 Å². The highest BCUT2D eigenvalue weighted by molar-refractivity contribution is 9.12. The molecule has 1 aromatic rings. The third-order valence-electron chi connectivity index (χ3n) is 1.14. The fourth-order valence-corrected chi connectivity index (χ4v) is 3.50. The van der Waals surface area contributed by atoms with Gasteiger partial charge in [0.2, 0.25) is 0 Å². The highest BCUT2D eigenvalue weighted by Crippen LogP contribution is 2.31. The second-order valence-corrected chi connectivity index (χ2v) is 5.61. The summed E-state index contributed by atoms with van der Waals surface area (Å²) in [7, 11) is 0. The minimum absolute atomic E-state index is 0. The molecule has 0 saturated heterocycles. The number of ketones is 1. The maximum atomic E-state index is 11.1. The van der Waals surface area contributed by atoms with Crippen molar-refractivity contribution in [1.82, 2.24) is 0 Å². The quantitative estimate of drug-likeness (QED) is 0.845. The Morgan fingerprint density at radius 2 is 2.17 bits per heavy atom. The number of hydrogen-bond acceptors (Lipinski definition) is 3. The van der Waals surface area contributed by atoms with Crippen LogP contribution < -0.4 is 5.73 Å². The number of Topliss-reactive ketones (excluding diaryl/α,β-unsaturated/α-hetero) is 1. The van der Waals surface area contributed by atoms with Crippen molar-refractivity contribution in [3.05, 3.63) is 19.2 Å². The summed E-state index contributed by atoms with van der Waals surface area (Å²) >= 11 is 8.02. The Labute approximate surface area is 97.2 Å². The molecule has 1 heterocycles. The Balaban J connectivity index is 0.00000121. The molecular formula is C6H6Br2ClNOS. The topological polar surface area (TPSA) is 43.1 Å². The average molecular weight is 335 g/mol. The van der Waals surface area contributed by atoms with Gasteiger partial charge in [0.25, 0.3) is 0 Å². The number of nitrogens with two attached hydrogens (primary N) is 1. The summed E-state index contributed by atoms with van der Waals surface area (Å²) in [4.78, 5) is 11.1. The van der Waals surface area contributed by atoms with Crippen LogP contribution in [0.1, 0.15) is 10.4 Å². The monoisotopic (exact) mass is 333 g/mol. The van der Waals surface area contributed by atoms with E-state index in [-0.39, 0.29) is 24.7 Å². The van der Waals surface area contributed by atoms with Crippen molar-refractivity contribution < 1.29 is 4.79 Å². The fraction of sp³-hybridized carbons (Fsp3) is 0.167. The summed E-state index contributed by atoms with van der Waals surface area (Å²) in [5.41, 5.74) is 5.86. The highest BCUT2D eigenvalue weighted by Gasteiger charge is 2.11. The van der Waals surface area contributed by atoms with Gasteiger partial charge in [-0.1, -0.05) is 0 Å². The normalized spacial score (nSPS) is 9.25. The predicted octanol–water partition coefficient (Wildman–Crippen LogP) is 2.84. The van der Waals surface area contributed by atoms with Gasteiger partial charge >= 0.3 is 0 Å². The molecular weight excluding hydrogens is 329 g/mol. The van der Waals surface area contributed by atoms with Gasteiger partial charge < -0.3 is 5.73 Å². The Kier molecular flexibility index (Phi) is 5.60. The van der Waals surface area contributed by atoms with Crippen molar-refractivity contribution >= 4 is 61.4 Å². The summed E-state index contributed by atoms with van der Waals surface area (Å²) in [6.07, 6.45) is 0. The molecule has 0 radical (unpaired) electrons. The first-order valence-corrected chi connectivity index (χ1v) is 5.23. The number of carbonyl (C=O) groups is 1. The molecule has 2 N–H and O–H groups in total. The zero-order valence-corrected chi connectivity index (χ0v) is 10.6. The molecule has 2 nitrogen and oxygen atoms in total. The van der Waals surface area contributed by atoms with Crippen LogP contribution in [0.25, 0.3) is 0 Å². The molecule has 12 heavy (non-hydrogen) atoms. The van der Waals surface area contributed by atoms with E-state index in [0.717, 1.165) is 7.57 Å². The molecule has 6 heteroatoms. The highest BCUT2D eigenvalue weighted by atomic mass is 79.9. The van der Waals surface area contributed by atoms with Crippen molar-refractivity contribution in [2.75, 3.05) is 6.54 Å². The van der Waals surface area contributed by atoms with Crippen LogP contribution in [0, 0.1) is 0 Å². The lowest BCUT2D eigenvalue weighted by Crippen LogP contribution is -2.12. The van der Waals surface area contributed by atoms with Crippen LogP contribution >= 0.6 is 55.6 Å². The Morgan fingerprint density at radius 1 is 1.58 bits per heavy atom. The number of thiophene rings is 1. The van der Waals surface area contributed by atoms with E-state index in [0.29, 0.717) is 5.56 Å². The molecule has 1 rings (SSSR count). The van der Waals surface area contributed by atoms with Gasteiger partial charge in [-0.3, -0.25) is 4.79 Å². The van der Waals surface area contributed by atoms with Crippen LogP contribution in [0.15, 0.2) is 13.6 Å². The van der Waals surface area contributed by atoms with E-state index < -0.39 is 0 Å². The minimum Gasteiger partial charge on any atom is -0.324 e. The van der Waals surface area contributed by atoms with Gasteiger partial charge in [0.05, 0.1) is 14.1 Å². The van der Waals surface area contributed by atoms with Crippen LogP contribution in [-0.4, -0.2) is 12.3 Å². The largest absolute Gasteiger partial charge is 0.324 e. The molecule has 0 unspecified atom stereocenters. The van der Waals surface area contributed by atoms with E-state index in [1.807, 2.05) is 0 Å². The molecule has 0 atom stereocenters. The predicted molar refractivity (Wildman–Crippen MR) is 60.4 cm³/mol. The number of carbonyl (C=O) groups excluding carboxylic acids is 1. The maximum Gasteiger partial charge on any atom is 0.178 e. The summed E-state index contributed by atoms with van der Waals surface area (Å²) in [6.45, 7) is 0.0573. The molecule has 1 aromatic heterocycles. The average Bonchev–Trinajstić information content (AvgIpc) is 2.28. The van der Waals surface area contributed by atoms with Crippen molar-refractivity contribution in [2.24, 2.45) is 5.73 Å². The molecule has 0 aliphatic heterocycles. The van der Waals surface area contributed by atoms with Gasteiger partial charge in [-0.15, -0.1) is 23.7 Å². The lowest BCUT2D eigenvalue weighted by Gasteiger charge is -1.91. The SMILES string of the molecule is Cl.NCC(=O)c1cc(Br)sc1Br. The smallest absolute Gasteiger partial charge is 0.178 e. The summed E-state index contributed by atoms with van der Waals surface area (Å²) in [6, 6.07) is 1.77. The van der Waals surface area contributed by atoms with E-state index in [9.17, 15) is 4.79 Å². The Hall–Kier alpha value is 0.580. The van der Waals surface area contributed by atoms with Gasteiger partial charge in [-0.05, 0) is 37.9 Å². The van der Waals surface area contributed by atoms with E-state index in [1.54, 1.807) is 6.07 Å². The summed E-state index contributed by atoms with van der Waals surface area (Å²) in [5.74, 6) is -0.0428. The van der Waals surface area contributed by atoms with Gasteiger partial charge in [0.1, 0.15) is 0 Å². The first kappa shape index (κ1) is 12.6. The van der Waals surface area contributed by atoms with Crippen LogP contribution in [0.5, 0.6) is 0 Å². The molecule has 0 bridgehead atoms. The summed E-state index contributed by atoms with van der Waals surface area (Å²) in [5, 5.41) is 0. The minimum atomic E-state index is -0.0428.